The zero-order valence-corrected chi connectivity index (χ0v) is 12.0. The lowest BCUT2D eigenvalue weighted by Crippen LogP contribution is -2.48. The van der Waals surface area contributed by atoms with E-state index in [-0.39, 0.29) is 18.3 Å². The second-order valence-electron chi connectivity index (χ2n) is 4.77. The van der Waals surface area contributed by atoms with Crippen LogP contribution >= 0.6 is 0 Å². The summed E-state index contributed by atoms with van der Waals surface area (Å²) in [5.74, 6) is -0.216. The first-order valence-electron chi connectivity index (χ1n) is 6.48. The molecular formula is C11H24N4O2S. The molecule has 0 radical (unpaired) electrons. The van der Waals surface area contributed by atoms with Crippen LogP contribution in [0.1, 0.15) is 33.1 Å². The summed E-state index contributed by atoms with van der Waals surface area (Å²) in [6, 6.07) is 0. The molecule has 1 saturated heterocycles. The molecule has 106 valence electrons. The van der Waals surface area contributed by atoms with Crippen molar-refractivity contribution >= 4 is 16.0 Å². The third-order valence-corrected chi connectivity index (χ3v) is 5.41. The number of amidine groups is 1. The Bertz CT molecular complexity index is 377. The van der Waals surface area contributed by atoms with Gasteiger partial charge in [0, 0.05) is 32.1 Å². The Balaban J connectivity index is 2.75. The van der Waals surface area contributed by atoms with Gasteiger partial charge in [0.05, 0.1) is 5.84 Å². The largest absolute Gasteiger partial charge is 0.387 e. The normalized spacial score (nSPS) is 19.9. The highest BCUT2D eigenvalue weighted by Gasteiger charge is 2.30. The number of hydrogen-bond donors (Lipinski definition) is 2. The third-order valence-electron chi connectivity index (χ3n) is 3.33. The van der Waals surface area contributed by atoms with Gasteiger partial charge in [-0.15, -0.1) is 0 Å². The van der Waals surface area contributed by atoms with Crippen LogP contribution in [0.4, 0.5) is 0 Å². The number of nitrogens with one attached hydrogen (secondary N) is 1. The van der Waals surface area contributed by atoms with Gasteiger partial charge in [0.15, 0.2) is 0 Å². The van der Waals surface area contributed by atoms with Crippen molar-refractivity contribution in [1.29, 1.82) is 5.41 Å². The number of nitrogens with zero attached hydrogens (tertiary/aromatic N) is 2. The fourth-order valence-corrected chi connectivity index (χ4v) is 3.83. The van der Waals surface area contributed by atoms with E-state index in [2.05, 4.69) is 0 Å². The first kappa shape index (κ1) is 15.4. The minimum absolute atomic E-state index is 0.0299. The smallest absolute Gasteiger partial charge is 0.281 e. The van der Waals surface area contributed by atoms with Gasteiger partial charge in [-0.05, 0) is 12.8 Å². The molecule has 1 unspecified atom stereocenters. The van der Waals surface area contributed by atoms with Crippen LogP contribution in [0.2, 0.25) is 0 Å². The second-order valence-corrected chi connectivity index (χ2v) is 6.70. The highest BCUT2D eigenvalue weighted by molar-refractivity contribution is 7.86. The van der Waals surface area contributed by atoms with E-state index in [1.54, 1.807) is 11.2 Å². The molecule has 0 amide bonds. The first-order valence-corrected chi connectivity index (χ1v) is 7.88. The van der Waals surface area contributed by atoms with Gasteiger partial charge in [-0.25, -0.2) is 0 Å². The van der Waals surface area contributed by atoms with Gasteiger partial charge in [0.2, 0.25) is 0 Å². The van der Waals surface area contributed by atoms with Crippen molar-refractivity contribution in [3.63, 3.8) is 0 Å². The maximum absolute atomic E-state index is 12.4. The molecule has 1 aliphatic rings. The minimum atomic E-state index is -3.39. The van der Waals surface area contributed by atoms with E-state index in [0.717, 1.165) is 19.3 Å². The summed E-state index contributed by atoms with van der Waals surface area (Å²) in [4.78, 5) is 0. The Morgan fingerprint density at radius 3 is 2.39 bits per heavy atom. The van der Waals surface area contributed by atoms with Gasteiger partial charge < -0.3 is 5.73 Å². The first-order chi connectivity index (χ1) is 8.39. The molecule has 1 heterocycles. The zero-order chi connectivity index (χ0) is 13.8. The third kappa shape index (κ3) is 3.66. The summed E-state index contributed by atoms with van der Waals surface area (Å²) in [5.41, 5.74) is 5.41. The van der Waals surface area contributed by atoms with Crippen molar-refractivity contribution in [2.24, 2.45) is 11.7 Å². The summed E-state index contributed by atoms with van der Waals surface area (Å²) in [5, 5.41) is 7.36. The molecule has 7 heteroatoms. The average Bonchev–Trinajstić information content (AvgIpc) is 2.36. The van der Waals surface area contributed by atoms with Crippen molar-refractivity contribution in [2.75, 3.05) is 26.2 Å². The fourth-order valence-electron chi connectivity index (χ4n) is 2.05. The lowest BCUT2D eigenvalue weighted by Gasteiger charge is -2.32. The molecule has 0 saturated carbocycles. The molecule has 1 aliphatic heterocycles. The number of hydrogen-bond acceptors (Lipinski definition) is 3. The summed E-state index contributed by atoms with van der Waals surface area (Å²) in [6.45, 7) is 5.49. The number of rotatable bonds is 6. The van der Waals surface area contributed by atoms with Crippen LogP contribution in [0, 0.1) is 11.3 Å². The molecule has 0 bridgehead atoms. The molecule has 1 fully saturated rings. The van der Waals surface area contributed by atoms with Crippen LogP contribution in [0.5, 0.6) is 0 Å². The molecule has 18 heavy (non-hydrogen) atoms. The summed E-state index contributed by atoms with van der Waals surface area (Å²) in [7, 11) is -3.39. The van der Waals surface area contributed by atoms with E-state index in [0.29, 0.717) is 19.6 Å². The maximum Gasteiger partial charge on any atom is 0.281 e. The van der Waals surface area contributed by atoms with Crippen molar-refractivity contribution in [3.05, 3.63) is 0 Å². The molecule has 1 atom stereocenters. The summed E-state index contributed by atoms with van der Waals surface area (Å²) >= 11 is 0. The van der Waals surface area contributed by atoms with Crippen LogP contribution in [0.25, 0.3) is 0 Å². The van der Waals surface area contributed by atoms with E-state index in [1.807, 2.05) is 6.92 Å². The van der Waals surface area contributed by atoms with Crippen LogP contribution in [-0.2, 0) is 10.2 Å². The molecule has 3 N–H and O–H groups in total. The molecular weight excluding hydrogens is 252 g/mol. The highest BCUT2D eigenvalue weighted by atomic mass is 32.2. The van der Waals surface area contributed by atoms with Crippen LogP contribution in [0.15, 0.2) is 0 Å². The van der Waals surface area contributed by atoms with Crippen molar-refractivity contribution in [3.8, 4) is 0 Å². The van der Waals surface area contributed by atoms with E-state index in [1.165, 1.54) is 4.31 Å². The van der Waals surface area contributed by atoms with Crippen molar-refractivity contribution < 1.29 is 8.42 Å². The van der Waals surface area contributed by atoms with Crippen molar-refractivity contribution in [2.45, 2.75) is 33.1 Å². The molecule has 0 aromatic heterocycles. The van der Waals surface area contributed by atoms with Gasteiger partial charge >= 0.3 is 0 Å². The molecule has 0 spiro atoms. The van der Waals surface area contributed by atoms with Gasteiger partial charge in [-0.1, -0.05) is 20.3 Å². The van der Waals surface area contributed by atoms with Crippen LogP contribution < -0.4 is 5.73 Å². The highest BCUT2D eigenvalue weighted by Crippen LogP contribution is 2.17. The SMILES string of the molecule is CCN(CC(C)C(=N)N)S(=O)(=O)N1CCCCC1. The zero-order valence-electron chi connectivity index (χ0n) is 11.2. The van der Waals surface area contributed by atoms with E-state index < -0.39 is 10.2 Å². The quantitative estimate of drug-likeness (QED) is 0.550. The van der Waals surface area contributed by atoms with Gasteiger partial charge in [0.25, 0.3) is 10.2 Å². The topological polar surface area (TPSA) is 90.5 Å². The van der Waals surface area contributed by atoms with Gasteiger partial charge in [-0.3, -0.25) is 5.41 Å². The lowest BCUT2D eigenvalue weighted by molar-refractivity contribution is 0.300. The Kier molecular flexibility index (Phi) is 5.55. The predicted molar refractivity (Wildman–Crippen MR) is 72.7 cm³/mol. The van der Waals surface area contributed by atoms with E-state index in [4.69, 9.17) is 11.1 Å². The predicted octanol–water partition coefficient (Wildman–Crippen LogP) is 0.611. The summed E-state index contributed by atoms with van der Waals surface area (Å²) < 4.78 is 27.8. The van der Waals surface area contributed by atoms with Crippen LogP contribution in [0.3, 0.4) is 0 Å². The molecule has 6 nitrogen and oxygen atoms in total. The average molecular weight is 276 g/mol. The summed E-state index contributed by atoms with van der Waals surface area (Å²) in [6.07, 6.45) is 2.96. The fraction of sp³-hybridized carbons (Fsp3) is 0.909. The Hall–Kier alpha value is -0.660. The molecule has 0 aromatic carbocycles. The standard InChI is InChI=1S/C11H24N4O2S/c1-3-14(9-10(2)11(12)13)18(16,17)15-7-5-4-6-8-15/h10H,3-9H2,1-2H3,(H3,12,13). The molecule has 1 rings (SSSR count). The second kappa shape index (κ2) is 6.49. The van der Waals surface area contributed by atoms with E-state index >= 15 is 0 Å². The Morgan fingerprint density at radius 1 is 1.39 bits per heavy atom. The maximum atomic E-state index is 12.4. The monoisotopic (exact) mass is 276 g/mol. The van der Waals surface area contributed by atoms with Crippen molar-refractivity contribution in [1.82, 2.24) is 8.61 Å². The number of piperidine rings is 1. The minimum Gasteiger partial charge on any atom is -0.387 e. The Labute approximate surface area is 110 Å². The molecule has 0 aliphatic carbocycles. The van der Waals surface area contributed by atoms with Crippen LogP contribution in [-0.4, -0.2) is 49.0 Å². The lowest BCUT2D eigenvalue weighted by atomic mass is 10.1. The Morgan fingerprint density at radius 2 is 1.94 bits per heavy atom. The number of nitrogens with two attached hydrogens (primary N) is 1. The van der Waals surface area contributed by atoms with Gasteiger partial charge in [-0.2, -0.15) is 17.0 Å². The van der Waals surface area contributed by atoms with Gasteiger partial charge in [0.1, 0.15) is 0 Å². The van der Waals surface area contributed by atoms with E-state index in [9.17, 15) is 8.42 Å². The molecule has 0 aromatic rings.